The second kappa shape index (κ2) is 6.79. The van der Waals surface area contributed by atoms with Gasteiger partial charge in [0, 0.05) is 23.9 Å². The molecule has 2 saturated carbocycles. The highest BCUT2D eigenvalue weighted by molar-refractivity contribution is 7.91. The molecular weight excluding hydrogens is 355 g/mol. The molecule has 0 aliphatic heterocycles. The van der Waals surface area contributed by atoms with Gasteiger partial charge in [0.1, 0.15) is 15.4 Å². The Balaban J connectivity index is 1.52. The fourth-order valence-electron chi connectivity index (χ4n) is 4.37. The predicted molar refractivity (Wildman–Crippen MR) is 98.7 cm³/mol. The lowest BCUT2D eigenvalue weighted by Crippen LogP contribution is -2.32. The predicted octanol–water partition coefficient (Wildman–Crippen LogP) is 3.29. The Kier molecular flexibility index (Phi) is 4.62. The molecule has 6 nitrogen and oxygen atoms in total. The second-order valence-corrected chi connectivity index (χ2v) is 10.1. The summed E-state index contributed by atoms with van der Waals surface area (Å²) in [5.74, 6) is 0.571. The zero-order chi connectivity index (χ0) is 18.3. The van der Waals surface area contributed by atoms with Gasteiger partial charge in [0.2, 0.25) is 5.95 Å². The van der Waals surface area contributed by atoms with Crippen molar-refractivity contribution in [2.45, 2.75) is 68.6 Å². The van der Waals surface area contributed by atoms with Crippen molar-refractivity contribution in [1.82, 2.24) is 14.6 Å². The Hall–Kier alpha value is -1.70. The summed E-state index contributed by atoms with van der Waals surface area (Å²) in [4.78, 5) is 4.27. The lowest BCUT2D eigenvalue weighted by Gasteiger charge is -2.28. The third kappa shape index (κ3) is 3.43. The quantitative estimate of drug-likeness (QED) is 0.881. The first-order valence-corrected chi connectivity index (χ1v) is 11.4. The van der Waals surface area contributed by atoms with Crippen LogP contribution in [-0.2, 0) is 9.84 Å². The van der Waals surface area contributed by atoms with Crippen molar-refractivity contribution in [3.63, 3.8) is 0 Å². The van der Waals surface area contributed by atoms with Crippen molar-refractivity contribution in [3.05, 3.63) is 23.8 Å². The van der Waals surface area contributed by atoms with E-state index in [2.05, 4.69) is 15.4 Å². The fraction of sp³-hybridized carbons (Fsp3) is 0.667. The number of hydrogen-bond donors (Lipinski definition) is 1. The average Bonchev–Trinajstić information content (AvgIpc) is 3.23. The van der Waals surface area contributed by atoms with E-state index in [-0.39, 0.29) is 17.1 Å². The molecule has 0 saturated heterocycles. The van der Waals surface area contributed by atoms with Crippen LogP contribution in [0, 0.1) is 5.82 Å². The van der Waals surface area contributed by atoms with E-state index >= 15 is 0 Å². The Morgan fingerprint density at radius 3 is 2.50 bits per heavy atom. The molecule has 0 atom stereocenters. The van der Waals surface area contributed by atoms with Crippen LogP contribution < -0.4 is 5.32 Å². The van der Waals surface area contributed by atoms with Gasteiger partial charge in [0.05, 0.1) is 11.4 Å². The Bertz CT molecular complexity index is 897. The molecule has 0 amide bonds. The number of anilines is 1. The van der Waals surface area contributed by atoms with Crippen molar-refractivity contribution in [3.8, 4) is 0 Å². The molecule has 2 heterocycles. The number of sulfone groups is 1. The third-order valence-electron chi connectivity index (χ3n) is 5.88. The lowest BCUT2D eigenvalue weighted by molar-refractivity contribution is 0.451. The van der Waals surface area contributed by atoms with Crippen molar-refractivity contribution >= 4 is 21.3 Å². The van der Waals surface area contributed by atoms with Crippen molar-refractivity contribution in [1.29, 1.82) is 0 Å². The summed E-state index contributed by atoms with van der Waals surface area (Å²) >= 11 is 0. The van der Waals surface area contributed by atoms with E-state index in [1.165, 1.54) is 25.3 Å². The van der Waals surface area contributed by atoms with E-state index < -0.39 is 9.84 Å². The summed E-state index contributed by atoms with van der Waals surface area (Å²) in [5, 5.41) is 7.61. The Morgan fingerprint density at radius 1 is 1.15 bits per heavy atom. The SMILES string of the molecule is CS(=O)(=O)[C@H]1CC[C@@H](Nc2ncc3c(F)cc(C4CCCC4)n3n2)CC1. The van der Waals surface area contributed by atoms with Gasteiger partial charge in [-0.05, 0) is 44.6 Å². The number of rotatable bonds is 4. The maximum absolute atomic E-state index is 14.2. The van der Waals surface area contributed by atoms with Crippen LogP contribution in [0.15, 0.2) is 12.3 Å². The maximum atomic E-state index is 14.2. The first-order chi connectivity index (χ1) is 12.4. The molecular formula is C18H25FN4O2S. The first-order valence-electron chi connectivity index (χ1n) is 9.41. The van der Waals surface area contributed by atoms with Gasteiger partial charge in [-0.3, -0.25) is 0 Å². The minimum Gasteiger partial charge on any atom is -0.350 e. The molecule has 0 bridgehead atoms. The summed E-state index contributed by atoms with van der Waals surface area (Å²) in [6.07, 6.45) is 10.2. The largest absolute Gasteiger partial charge is 0.350 e. The molecule has 0 spiro atoms. The summed E-state index contributed by atoms with van der Waals surface area (Å²) in [6, 6.07) is 1.75. The zero-order valence-electron chi connectivity index (χ0n) is 15.0. The van der Waals surface area contributed by atoms with Gasteiger partial charge in [-0.25, -0.2) is 22.3 Å². The number of aromatic nitrogens is 3. The average molecular weight is 380 g/mol. The van der Waals surface area contributed by atoms with Crippen molar-refractivity contribution in [2.24, 2.45) is 0 Å². The summed E-state index contributed by atoms with van der Waals surface area (Å²) < 4.78 is 39.3. The van der Waals surface area contributed by atoms with Crippen LogP contribution in [0.4, 0.5) is 10.3 Å². The topological polar surface area (TPSA) is 76.4 Å². The Morgan fingerprint density at radius 2 is 1.85 bits per heavy atom. The van der Waals surface area contributed by atoms with Crippen LogP contribution >= 0.6 is 0 Å². The maximum Gasteiger partial charge on any atom is 0.241 e. The normalized spacial score (nSPS) is 25.0. The molecule has 0 aromatic carbocycles. The molecule has 2 aromatic rings. The summed E-state index contributed by atoms with van der Waals surface area (Å²) in [5.41, 5.74) is 1.35. The minimum atomic E-state index is -2.97. The molecule has 2 fully saturated rings. The highest BCUT2D eigenvalue weighted by Crippen LogP contribution is 2.35. The van der Waals surface area contributed by atoms with E-state index in [1.807, 2.05) is 0 Å². The number of fused-ring (bicyclic) bond motifs is 1. The number of hydrogen-bond acceptors (Lipinski definition) is 5. The van der Waals surface area contributed by atoms with E-state index in [9.17, 15) is 12.8 Å². The van der Waals surface area contributed by atoms with Gasteiger partial charge >= 0.3 is 0 Å². The van der Waals surface area contributed by atoms with Crippen LogP contribution in [-0.4, -0.2) is 40.6 Å². The highest BCUT2D eigenvalue weighted by atomic mass is 32.2. The number of halogens is 1. The Labute approximate surface area is 153 Å². The molecule has 26 heavy (non-hydrogen) atoms. The van der Waals surface area contributed by atoms with E-state index in [0.717, 1.165) is 31.4 Å². The van der Waals surface area contributed by atoms with Gasteiger partial charge in [-0.15, -0.1) is 5.10 Å². The molecule has 0 radical (unpaired) electrons. The van der Waals surface area contributed by atoms with Crippen LogP contribution in [0.5, 0.6) is 0 Å². The smallest absolute Gasteiger partial charge is 0.241 e. The monoisotopic (exact) mass is 380 g/mol. The van der Waals surface area contributed by atoms with Crippen LogP contribution in [0.25, 0.3) is 5.52 Å². The third-order valence-corrected chi connectivity index (χ3v) is 7.56. The molecule has 1 N–H and O–H groups in total. The lowest BCUT2D eigenvalue weighted by atomic mass is 9.95. The first kappa shape index (κ1) is 17.7. The zero-order valence-corrected chi connectivity index (χ0v) is 15.8. The molecule has 2 aliphatic carbocycles. The van der Waals surface area contributed by atoms with E-state index in [0.29, 0.717) is 30.2 Å². The van der Waals surface area contributed by atoms with E-state index in [4.69, 9.17) is 0 Å². The van der Waals surface area contributed by atoms with Crippen molar-refractivity contribution in [2.75, 3.05) is 11.6 Å². The van der Waals surface area contributed by atoms with E-state index in [1.54, 1.807) is 10.6 Å². The number of nitrogens with zero attached hydrogens (tertiary/aromatic N) is 3. The van der Waals surface area contributed by atoms with Crippen molar-refractivity contribution < 1.29 is 12.8 Å². The van der Waals surface area contributed by atoms with Gasteiger partial charge < -0.3 is 5.32 Å². The second-order valence-electron chi connectivity index (χ2n) is 7.72. The van der Waals surface area contributed by atoms with Gasteiger partial charge in [0.15, 0.2) is 5.82 Å². The highest BCUT2D eigenvalue weighted by Gasteiger charge is 2.28. The van der Waals surface area contributed by atoms with Crippen LogP contribution in [0.2, 0.25) is 0 Å². The minimum absolute atomic E-state index is 0.154. The molecule has 4 rings (SSSR count). The molecule has 2 aromatic heterocycles. The molecule has 142 valence electrons. The van der Waals surface area contributed by atoms with Gasteiger partial charge in [-0.1, -0.05) is 12.8 Å². The summed E-state index contributed by atoms with van der Waals surface area (Å²) in [7, 11) is -2.97. The van der Waals surface area contributed by atoms with Gasteiger partial charge in [0.25, 0.3) is 0 Å². The fourth-order valence-corrected chi connectivity index (χ4v) is 5.50. The van der Waals surface area contributed by atoms with Gasteiger partial charge in [-0.2, -0.15) is 0 Å². The summed E-state index contributed by atoms with van der Waals surface area (Å²) in [6.45, 7) is 0. The molecule has 2 aliphatic rings. The van der Waals surface area contributed by atoms with Crippen LogP contribution in [0.1, 0.15) is 63.0 Å². The molecule has 8 heteroatoms. The standard InChI is InChI=1S/C18H25FN4O2S/c1-26(24,25)14-8-6-13(7-9-14)21-18-20-11-17-15(19)10-16(23(17)22-18)12-4-2-3-5-12/h10-14H,2-9H2,1H3,(H,21,22)/t13-,14+. The molecule has 0 unspecified atom stereocenters. The van der Waals surface area contributed by atoms with Crippen LogP contribution in [0.3, 0.4) is 0 Å². The number of nitrogens with one attached hydrogen (secondary N) is 1.